The molecule has 1 aromatic carbocycles. The molecule has 20 heavy (non-hydrogen) atoms. The summed E-state index contributed by atoms with van der Waals surface area (Å²) in [6.45, 7) is 4.50. The third-order valence-corrected chi connectivity index (χ3v) is 3.91. The lowest BCUT2D eigenvalue weighted by Crippen LogP contribution is -2.02. The number of rotatable bonds is 2. The third-order valence-electron chi connectivity index (χ3n) is 3.49. The molecule has 3 nitrogen and oxygen atoms in total. The maximum Gasteiger partial charge on any atom is 0.137 e. The molecule has 4 heteroatoms. The number of hydrogen-bond donors (Lipinski definition) is 1. The predicted molar refractivity (Wildman–Crippen MR) is 83.0 cm³/mol. The number of pyridine rings is 1. The fourth-order valence-electron chi connectivity index (χ4n) is 2.42. The lowest BCUT2D eigenvalue weighted by atomic mass is 10.1. The van der Waals surface area contributed by atoms with Crippen molar-refractivity contribution in [3.05, 3.63) is 58.4 Å². The molecule has 2 heterocycles. The fraction of sp³-hybridized carbons (Fsp3) is 0.188. The molecule has 0 aliphatic rings. The van der Waals surface area contributed by atoms with Crippen molar-refractivity contribution in [2.24, 2.45) is 5.73 Å². The van der Waals surface area contributed by atoms with Crippen LogP contribution in [0.2, 0.25) is 5.02 Å². The molecule has 0 amide bonds. The van der Waals surface area contributed by atoms with Crippen LogP contribution in [0.4, 0.5) is 0 Å². The van der Waals surface area contributed by atoms with Crippen LogP contribution in [0.15, 0.2) is 36.5 Å². The van der Waals surface area contributed by atoms with Crippen molar-refractivity contribution in [1.82, 2.24) is 9.38 Å². The van der Waals surface area contributed by atoms with E-state index < -0.39 is 0 Å². The molecule has 0 radical (unpaired) electrons. The zero-order valence-corrected chi connectivity index (χ0v) is 12.3. The SMILES string of the molecule is Cc1ccc2nc(-c3ccc(Cl)c(C)c3)c(CN)n2c1. The summed E-state index contributed by atoms with van der Waals surface area (Å²) in [4.78, 5) is 4.71. The van der Waals surface area contributed by atoms with E-state index >= 15 is 0 Å². The van der Waals surface area contributed by atoms with Crippen LogP contribution in [0.25, 0.3) is 16.9 Å². The topological polar surface area (TPSA) is 43.3 Å². The summed E-state index contributed by atoms with van der Waals surface area (Å²) < 4.78 is 2.06. The maximum absolute atomic E-state index is 6.09. The van der Waals surface area contributed by atoms with Crippen LogP contribution in [-0.4, -0.2) is 9.38 Å². The molecule has 0 fully saturated rings. The van der Waals surface area contributed by atoms with E-state index in [2.05, 4.69) is 29.7 Å². The number of imidazole rings is 1. The van der Waals surface area contributed by atoms with Crippen molar-refractivity contribution in [2.45, 2.75) is 20.4 Å². The van der Waals surface area contributed by atoms with Crippen LogP contribution in [0.3, 0.4) is 0 Å². The second-order valence-corrected chi connectivity index (χ2v) is 5.42. The average Bonchev–Trinajstić information content (AvgIpc) is 2.79. The van der Waals surface area contributed by atoms with Gasteiger partial charge in [-0.25, -0.2) is 4.98 Å². The van der Waals surface area contributed by atoms with Crippen molar-refractivity contribution in [1.29, 1.82) is 0 Å². The maximum atomic E-state index is 6.09. The van der Waals surface area contributed by atoms with Crippen molar-refractivity contribution in [2.75, 3.05) is 0 Å². The molecule has 2 aromatic heterocycles. The highest BCUT2D eigenvalue weighted by molar-refractivity contribution is 6.31. The minimum atomic E-state index is 0.446. The van der Waals surface area contributed by atoms with E-state index in [1.54, 1.807) is 0 Å². The van der Waals surface area contributed by atoms with E-state index in [0.29, 0.717) is 6.54 Å². The molecule has 0 atom stereocenters. The van der Waals surface area contributed by atoms with Gasteiger partial charge in [0.1, 0.15) is 5.65 Å². The Balaban J connectivity index is 2.27. The number of nitrogens with zero attached hydrogens (tertiary/aromatic N) is 2. The Labute approximate surface area is 123 Å². The van der Waals surface area contributed by atoms with Gasteiger partial charge in [0.2, 0.25) is 0 Å². The molecular weight excluding hydrogens is 270 g/mol. The smallest absolute Gasteiger partial charge is 0.137 e. The molecule has 3 rings (SSSR count). The number of benzene rings is 1. The zero-order valence-electron chi connectivity index (χ0n) is 11.5. The van der Waals surface area contributed by atoms with Gasteiger partial charge >= 0.3 is 0 Å². The molecule has 0 unspecified atom stereocenters. The Kier molecular flexibility index (Phi) is 3.24. The van der Waals surface area contributed by atoms with E-state index in [1.165, 1.54) is 5.56 Å². The zero-order chi connectivity index (χ0) is 14.3. The lowest BCUT2D eigenvalue weighted by molar-refractivity contribution is 0.957. The van der Waals surface area contributed by atoms with Gasteiger partial charge in [-0.05, 0) is 43.2 Å². The van der Waals surface area contributed by atoms with Crippen LogP contribution in [0.5, 0.6) is 0 Å². The number of fused-ring (bicyclic) bond motifs is 1. The quantitative estimate of drug-likeness (QED) is 0.779. The number of aryl methyl sites for hydroxylation is 2. The highest BCUT2D eigenvalue weighted by Crippen LogP contribution is 2.27. The Bertz CT molecular complexity index is 790. The van der Waals surface area contributed by atoms with E-state index in [0.717, 1.165) is 33.2 Å². The summed E-state index contributed by atoms with van der Waals surface area (Å²) in [5.41, 5.74) is 12.1. The minimum Gasteiger partial charge on any atom is -0.325 e. The van der Waals surface area contributed by atoms with Crippen molar-refractivity contribution in [3.8, 4) is 11.3 Å². The van der Waals surface area contributed by atoms with Crippen LogP contribution < -0.4 is 5.73 Å². The summed E-state index contributed by atoms with van der Waals surface area (Å²) in [5.74, 6) is 0. The molecule has 3 aromatic rings. The Morgan fingerprint density at radius 3 is 2.70 bits per heavy atom. The Hall–Kier alpha value is -1.84. The van der Waals surface area contributed by atoms with Gasteiger partial charge in [0.15, 0.2) is 0 Å². The predicted octanol–water partition coefficient (Wildman–Crippen LogP) is 3.73. The highest BCUT2D eigenvalue weighted by atomic mass is 35.5. The van der Waals surface area contributed by atoms with Gasteiger partial charge in [0.05, 0.1) is 11.4 Å². The normalized spacial score (nSPS) is 11.2. The molecule has 0 aliphatic carbocycles. The van der Waals surface area contributed by atoms with Crippen molar-refractivity contribution >= 4 is 17.2 Å². The summed E-state index contributed by atoms with van der Waals surface area (Å²) >= 11 is 6.09. The monoisotopic (exact) mass is 285 g/mol. The van der Waals surface area contributed by atoms with Gasteiger partial charge in [0.25, 0.3) is 0 Å². The average molecular weight is 286 g/mol. The molecule has 0 aliphatic heterocycles. The fourth-order valence-corrected chi connectivity index (χ4v) is 2.54. The van der Waals surface area contributed by atoms with Crippen molar-refractivity contribution < 1.29 is 0 Å². The molecule has 102 valence electrons. The van der Waals surface area contributed by atoms with Crippen molar-refractivity contribution in [3.63, 3.8) is 0 Å². The number of aromatic nitrogens is 2. The number of hydrogen-bond acceptors (Lipinski definition) is 2. The summed E-state index contributed by atoms with van der Waals surface area (Å²) in [6.07, 6.45) is 2.07. The van der Waals surface area contributed by atoms with Gasteiger partial charge in [-0.2, -0.15) is 0 Å². The minimum absolute atomic E-state index is 0.446. The second-order valence-electron chi connectivity index (χ2n) is 5.01. The first-order valence-electron chi connectivity index (χ1n) is 6.54. The van der Waals surface area contributed by atoms with E-state index in [4.69, 9.17) is 22.3 Å². The summed E-state index contributed by atoms with van der Waals surface area (Å²) in [7, 11) is 0. The number of nitrogens with two attached hydrogens (primary N) is 1. The Morgan fingerprint density at radius 1 is 1.20 bits per heavy atom. The van der Waals surface area contributed by atoms with Crippen LogP contribution in [-0.2, 0) is 6.54 Å². The van der Waals surface area contributed by atoms with E-state index in [-0.39, 0.29) is 0 Å². The summed E-state index contributed by atoms with van der Waals surface area (Å²) in [6, 6.07) is 10.0. The molecule has 2 N–H and O–H groups in total. The first-order valence-corrected chi connectivity index (χ1v) is 6.92. The molecular formula is C16H16ClN3. The standard InChI is InChI=1S/C16H16ClN3/c1-10-3-6-15-19-16(14(8-18)20(15)9-10)12-4-5-13(17)11(2)7-12/h3-7,9H,8,18H2,1-2H3. The van der Waals surface area contributed by atoms with Gasteiger partial charge in [0, 0.05) is 23.3 Å². The van der Waals surface area contributed by atoms with Crippen LogP contribution in [0.1, 0.15) is 16.8 Å². The Morgan fingerprint density at radius 2 is 2.00 bits per heavy atom. The first-order chi connectivity index (χ1) is 9.60. The number of halogens is 1. The van der Waals surface area contributed by atoms with Gasteiger partial charge in [-0.1, -0.05) is 23.7 Å². The molecule has 0 spiro atoms. The molecule has 0 saturated carbocycles. The molecule has 0 bridgehead atoms. The van der Waals surface area contributed by atoms with Gasteiger partial charge < -0.3 is 10.1 Å². The van der Waals surface area contributed by atoms with Crippen LogP contribution >= 0.6 is 11.6 Å². The van der Waals surface area contributed by atoms with E-state index in [1.807, 2.05) is 25.1 Å². The molecule has 0 saturated heterocycles. The second kappa shape index (κ2) is 4.93. The summed E-state index contributed by atoms with van der Waals surface area (Å²) in [5, 5.41) is 0.766. The third kappa shape index (κ3) is 2.09. The lowest BCUT2D eigenvalue weighted by Gasteiger charge is -2.05. The highest BCUT2D eigenvalue weighted by Gasteiger charge is 2.13. The van der Waals surface area contributed by atoms with Gasteiger partial charge in [-0.3, -0.25) is 0 Å². The van der Waals surface area contributed by atoms with Crippen LogP contribution in [0, 0.1) is 13.8 Å². The first kappa shape index (κ1) is 13.2. The van der Waals surface area contributed by atoms with Gasteiger partial charge in [-0.15, -0.1) is 0 Å². The van der Waals surface area contributed by atoms with E-state index in [9.17, 15) is 0 Å². The largest absolute Gasteiger partial charge is 0.325 e.